The van der Waals surface area contributed by atoms with Crippen molar-refractivity contribution < 1.29 is 19.6 Å². The van der Waals surface area contributed by atoms with Crippen LogP contribution in [0.3, 0.4) is 0 Å². The van der Waals surface area contributed by atoms with Crippen LogP contribution in [0.25, 0.3) is 0 Å². The lowest BCUT2D eigenvalue weighted by atomic mass is 10.8. The average molecular weight is 246 g/mol. The van der Waals surface area contributed by atoms with Crippen molar-refractivity contribution in [3.63, 3.8) is 0 Å². The summed E-state index contributed by atoms with van der Waals surface area (Å²) in [6.45, 7) is -0.445. The number of aromatic nitrogens is 3. The second kappa shape index (κ2) is 6.10. The summed E-state index contributed by atoms with van der Waals surface area (Å²) in [5.41, 5.74) is 5.49. The third-order valence-electron chi connectivity index (χ3n) is 1.70. The Labute approximate surface area is 97.4 Å². The van der Waals surface area contributed by atoms with Crippen molar-refractivity contribution in [1.82, 2.24) is 15.0 Å². The molecule has 0 saturated carbocycles. The quantitative estimate of drug-likeness (QED) is 0.463. The number of anilines is 3. The molecule has 0 spiro atoms. The molecule has 0 amide bonds. The molecule has 96 valence electrons. The maximum atomic E-state index is 9.00. The van der Waals surface area contributed by atoms with Crippen LogP contribution >= 0.6 is 0 Å². The van der Waals surface area contributed by atoms with E-state index in [4.69, 9.17) is 25.4 Å². The van der Waals surface area contributed by atoms with Crippen LogP contribution in [0.15, 0.2) is 0 Å². The summed E-state index contributed by atoms with van der Waals surface area (Å²) in [5, 5.41) is 10.9. The third-order valence-corrected chi connectivity index (χ3v) is 1.70. The van der Waals surface area contributed by atoms with Crippen LogP contribution < -0.4 is 16.0 Å². The molecule has 10 heteroatoms. The topological polar surface area (TPSA) is 119 Å². The van der Waals surface area contributed by atoms with Crippen LogP contribution in [-0.2, 0) is 14.5 Å². The highest BCUT2D eigenvalue weighted by molar-refractivity contribution is 5.39. The molecule has 0 aromatic carbocycles. The van der Waals surface area contributed by atoms with E-state index in [9.17, 15) is 0 Å². The molecule has 1 aromatic heterocycles. The lowest BCUT2D eigenvalue weighted by Crippen LogP contribution is -2.28. The van der Waals surface area contributed by atoms with E-state index in [-0.39, 0.29) is 17.8 Å². The van der Waals surface area contributed by atoms with Crippen molar-refractivity contribution in [3.05, 3.63) is 0 Å². The fraction of sp³-hybridized carbons (Fsp3) is 0.571. The van der Waals surface area contributed by atoms with Crippen LogP contribution in [0, 0.1) is 0 Å². The Morgan fingerprint density at radius 3 is 2.12 bits per heavy atom. The summed E-state index contributed by atoms with van der Waals surface area (Å²) in [6.07, 6.45) is 0. The number of hydrogen-bond donors (Lipinski definition) is 2. The molecule has 0 aliphatic carbocycles. The predicted octanol–water partition coefficient (Wildman–Crippen LogP) is -1.30. The number of nitrogen functional groups attached to an aromatic ring is 1. The standard InChI is InChI=1S/C7H14N6O4/c1-15-12(4-14)6-9-5(8)10-7(11-6)13(16-2)17-3/h14H,4H2,1-3H3,(H2,8,9,10,11). The molecule has 1 aromatic rings. The summed E-state index contributed by atoms with van der Waals surface area (Å²) in [6, 6.07) is 0. The lowest BCUT2D eigenvalue weighted by molar-refractivity contribution is -0.0472. The molecule has 0 aliphatic heterocycles. The minimum atomic E-state index is -0.445. The average Bonchev–Trinajstić information content (AvgIpc) is 2.31. The fourth-order valence-electron chi connectivity index (χ4n) is 1.00. The molecule has 10 nitrogen and oxygen atoms in total. The molecule has 0 saturated heterocycles. The molecular formula is C7H14N6O4. The van der Waals surface area contributed by atoms with Crippen molar-refractivity contribution in [2.75, 3.05) is 44.1 Å². The van der Waals surface area contributed by atoms with Gasteiger partial charge in [0.25, 0.3) is 11.9 Å². The van der Waals surface area contributed by atoms with E-state index in [0.29, 0.717) is 0 Å². The predicted molar refractivity (Wildman–Crippen MR) is 57.3 cm³/mol. The first-order chi connectivity index (χ1) is 8.15. The second-order valence-corrected chi connectivity index (χ2v) is 2.62. The van der Waals surface area contributed by atoms with E-state index < -0.39 is 6.73 Å². The molecule has 1 rings (SSSR count). The first kappa shape index (κ1) is 13.3. The molecule has 1 heterocycles. The Hall–Kier alpha value is -1.75. The van der Waals surface area contributed by atoms with Crippen LogP contribution in [0.2, 0.25) is 0 Å². The molecular weight excluding hydrogens is 232 g/mol. The van der Waals surface area contributed by atoms with E-state index >= 15 is 0 Å². The van der Waals surface area contributed by atoms with E-state index in [1.54, 1.807) is 0 Å². The van der Waals surface area contributed by atoms with Gasteiger partial charge in [0, 0.05) is 0 Å². The Morgan fingerprint density at radius 2 is 1.65 bits per heavy atom. The highest BCUT2D eigenvalue weighted by Gasteiger charge is 2.16. The van der Waals surface area contributed by atoms with Crippen molar-refractivity contribution in [2.45, 2.75) is 0 Å². The van der Waals surface area contributed by atoms with Crippen molar-refractivity contribution in [2.24, 2.45) is 0 Å². The Bertz CT molecular complexity index is 326. The largest absolute Gasteiger partial charge is 0.374 e. The molecule has 0 radical (unpaired) electrons. The SMILES string of the molecule is CON(CO)c1nc(N)nc(N(OC)OC)n1. The van der Waals surface area contributed by atoms with Gasteiger partial charge in [-0.2, -0.15) is 20.0 Å². The summed E-state index contributed by atoms with van der Waals surface area (Å²) < 4.78 is 0. The Kier molecular flexibility index (Phi) is 4.78. The molecule has 17 heavy (non-hydrogen) atoms. The monoisotopic (exact) mass is 246 g/mol. The molecule has 0 bridgehead atoms. The summed E-state index contributed by atoms with van der Waals surface area (Å²) >= 11 is 0. The van der Waals surface area contributed by atoms with Gasteiger partial charge in [-0.25, -0.2) is 9.68 Å². The van der Waals surface area contributed by atoms with Gasteiger partial charge in [0.15, 0.2) is 0 Å². The number of nitrogens with two attached hydrogens (primary N) is 1. The smallest absolute Gasteiger partial charge is 0.284 e. The van der Waals surface area contributed by atoms with Crippen LogP contribution in [-0.4, -0.2) is 48.1 Å². The number of aliphatic hydroxyl groups excluding tert-OH is 1. The van der Waals surface area contributed by atoms with E-state index in [0.717, 1.165) is 10.3 Å². The highest BCUT2D eigenvalue weighted by Crippen LogP contribution is 2.14. The summed E-state index contributed by atoms with van der Waals surface area (Å²) in [5.74, 6) is -0.0239. The van der Waals surface area contributed by atoms with Crippen LogP contribution in [0.5, 0.6) is 0 Å². The Balaban J connectivity index is 3.08. The summed E-state index contributed by atoms with van der Waals surface area (Å²) in [7, 11) is 4.08. The second-order valence-electron chi connectivity index (χ2n) is 2.62. The van der Waals surface area contributed by atoms with E-state index in [2.05, 4.69) is 15.0 Å². The summed E-state index contributed by atoms with van der Waals surface area (Å²) in [4.78, 5) is 26.0. The van der Waals surface area contributed by atoms with Crippen LogP contribution in [0.1, 0.15) is 0 Å². The zero-order chi connectivity index (χ0) is 12.8. The van der Waals surface area contributed by atoms with Crippen molar-refractivity contribution >= 4 is 17.8 Å². The van der Waals surface area contributed by atoms with Gasteiger partial charge >= 0.3 is 0 Å². The normalized spacial score (nSPS) is 10.4. The third kappa shape index (κ3) is 3.10. The van der Waals surface area contributed by atoms with Gasteiger partial charge in [-0.1, -0.05) is 5.23 Å². The van der Waals surface area contributed by atoms with Crippen molar-refractivity contribution in [1.29, 1.82) is 0 Å². The van der Waals surface area contributed by atoms with E-state index in [1.165, 1.54) is 21.3 Å². The van der Waals surface area contributed by atoms with Gasteiger partial charge in [0.1, 0.15) is 6.73 Å². The zero-order valence-electron chi connectivity index (χ0n) is 9.69. The van der Waals surface area contributed by atoms with Crippen molar-refractivity contribution in [3.8, 4) is 0 Å². The zero-order valence-corrected chi connectivity index (χ0v) is 9.69. The Morgan fingerprint density at radius 1 is 1.06 bits per heavy atom. The fourth-order valence-corrected chi connectivity index (χ4v) is 1.00. The first-order valence-electron chi connectivity index (χ1n) is 4.48. The highest BCUT2D eigenvalue weighted by atomic mass is 16.9. The minimum Gasteiger partial charge on any atom is -0.374 e. The first-order valence-corrected chi connectivity index (χ1v) is 4.48. The minimum absolute atomic E-state index is 0.0213. The number of nitrogens with zero attached hydrogens (tertiary/aromatic N) is 5. The molecule has 0 fully saturated rings. The van der Waals surface area contributed by atoms with Gasteiger partial charge < -0.3 is 10.8 Å². The number of hydrogen-bond acceptors (Lipinski definition) is 10. The molecule has 3 N–H and O–H groups in total. The number of aliphatic hydroxyl groups is 1. The van der Waals surface area contributed by atoms with E-state index in [1.807, 2.05) is 0 Å². The maximum Gasteiger partial charge on any atom is 0.284 e. The van der Waals surface area contributed by atoms with Gasteiger partial charge in [-0.3, -0.25) is 4.84 Å². The molecule has 0 unspecified atom stereocenters. The van der Waals surface area contributed by atoms with Crippen LogP contribution in [0.4, 0.5) is 17.8 Å². The molecule has 0 aliphatic rings. The van der Waals surface area contributed by atoms with Gasteiger partial charge in [-0.05, 0) is 0 Å². The van der Waals surface area contributed by atoms with Gasteiger partial charge in [-0.15, -0.1) is 0 Å². The number of hydroxylamine groups is 1. The number of rotatable bonds is 6. The maximum absolute atomic E-state index is 9.00. The lowest BCUT2D eigenvalue weighted by Gasteiger charge is -2.19. The van der Waals surface area contributed by atoms with Gasteiger partial charge in [0.2, 0.25) is 5.95 Å². The molecule has 0 atom stereocenters. The van der Waals surface area contributed by atoms with Gasteiger partial charge in [0.05, 0.1) is 21.3 Å².